The minimum Gasteiger partial charge on any atom is -0.478 e. The summed E-state index contributed by atoms with van der Waals surface area (Å²) in [7, 11) is 0. The molecule has 1 heterocycles. The number of hydrogen-bond donors (Lipinski definition) is 3. The number of carbonyl (C=O) groups is 1. The van der Waals surface area contributed by atoms with Crippen LogP contribution in [0.4, 0.5) is 11.4 Å². The van der Waals surface area contributed by atoms with Crippen LogP contribution >= 0.6 is 0 Å². The highest BCUT2D eigenvalue weighted by Gasteiger charge is 2.12. The maximum Gasteiger partial charge on any atom is 0.335 e. The van der Waals surface area contributed by atoms with Crippen LogP contribution in [-0.4, -0.2) is 17.6 Å². The van der Waals surface area contributed by atoms with Crippen molar-refractivity contribution in [2.24, 2.45) is 0 Å². The molecule has 0 fully saturated rings. The van der Waals surface area contributed by atoms with Crippen molar-refractivity contribution in [3.8, 4) is 0 Å². The van der Waals surface area contributed by atoms with Gasteiger partial charge in [0.1, 0.15) is 0 Å². The Bertz CT molecular complexity index is 668. The molecule has 4 heteroatoms. The number of aromatic carboxylic acids is 1. The van der Waals surface area contributed by atoms with E-state index in [9.17, 15) is 4.79 Å². The van der Waals surface area contributed by atoms with E-state index in [0.29, 0.717) is 12.1 Å². The minimum atomic E-state index is -0.905. The number of aryl methyl sites for hydroxylation is 1. The van der Waals surface area contributed by atoms with Gasteiger partial charge in [-0.25, -0.2) is 4.79 Å². The van der Waals surface area contributed by atoms with Crippen molar-refractivity contribution < 1.29 is 9.90 Å². The second-order valence-corrected chi connectivity index (χ2v) is 5.22. The van der Waals surface area contributed by atoms with Gasteiger partial charge in [0, 0.05) is 24.5 Å². The van der Waals surface area contributed by atoms with Gasteiger partial charge in [-0.1, -0.05) is 24.3 Å². The van der Waals surface area contributed by atoms with Crippen LogP contribution in [0.5, 0.6) is 0 Å². The van der Waals surface area contributed by atoms with Gasteiger partial charge in [0.25, 0.3) is 0 Å². The highest BCUT2D eigenvalue weighted by molar-refractivity contribution is 5.88. The molecule has 4 nitrogen and oxygen atoms in total. The molecule has 2 aromatic rings. The molecule has 0 unspecified atom stereocenters. The van der Waals surface area contributed by atoms with Crippen molar-refractivity contribution >= 4 is 17.3 Å². The Labute approximate surface area is 123 Å². The molecule has 3 N–H and O–H groups in total. The first-order valence-corrected chi connectivity index (χ1v) is 7.16. The summed E-state index contributed by atoms with van der Waals surface area (Å²) < 4.78 is 0. The van der Waals surface area contributed by atoms with Gasteiger partial charge in [-0.15, -0.1) is 0 Å². The zero-order valence-electron chi connectivity index (χ0n) is 11.7. The quantitative estimate of drug-likeness (QED) is 0.804. The minimum absolute atomic E-state index is 0.299. The van der Waals surface area contributed by atoms with Gasteiger partial charge in [0.05, 0.1) is 5.56 Å². The Balaban J connectivity index is 1.76. The van der Waals surface area contributed by atoms with E-state index in [-0.39, 0.29) is 0 Å². The fraction of sp³-hybridized carbons (Fsp3) is 0.235. The molecule has 0 aliphatic carbocycles. The van der Waals surface area contributed by atoms with Crippen LogP contribution < -0.4 is 10.6 Å². The van der Waals surface area contributed by atoms with E-state index in [1.807, 2.05) is 6.07 Å². The summed E-state index contributed by atoms with van der Waals surface area (Å²) in [4.78, 5) is 11.0. The number of benzene rings is 2. The molecule has 2 aromatic carbocycles. The van der Waals surface area contributed by atoms with Gasteiger partial charge in [0.2, 0.25) is 0 Å². The van der Waals surface area contributed by atoms with Crippen molar-refractivity contribution in [3.63, 3.8) is 0 Å². The molecule has 0 radical (unpaired) electrons. The molecule has 0 amide bonds. The van der Waals surface area contributed by atoms with Crippen LogP contribution in [0.2, 0.25) is 0 Å². The molecule has 108 valence electrons. The topological polar surface area (TPSA) is 61.4 Å². The molecule has 0 spiro atoms. The maximum absolute atomic E-state index is 11.0. The normalized spacial score (nSPS) is 13.1. The number of fused-ring (bicyclic) bond motifs is 1. The summed E-state index contributed by atoms with van der Waals surface area (Å²) in [6, 6.07) is 13.2. The van der Waals surface area contributed by atoms with E-state index in [2.05, 4.69) is 28.8 Å². The average molecular weight is 282 g/mol. The third kappa shape index (κ3) is 2.99. The third-order valence-corrected chi connectivity index (χ3v) is 3.75. The number of para-hydroxylation sites is 1. The van der Waals surface area contributed by atoms with Gasteiger partial charge in [-0.05, 0) is 42.2 Å². The van der Waals surface area contributed by atoms with Crippen molar-refractivity contribution in [2.75, 3.05) is 17.2 Å². The molecule has 1 aliphatic heterocycles. The first-order valence-electron chi connectivity index (χ1n) is 7.16. The molecule has 3 rings (SSSR count). The van der Waals surface area contributed by atoms with Crippen molar-refractivity contribution in [2.45, 2.75) is 19.4 Å². The maximum atomic E-state index is 11.0. The fourth-order valence-electron chi connectivity index (χ4n) is 2.69. The van der Waals surface area contributed by atoms with E-state index >= 15 is 0 Å². The Kier molecular flexibility index (Phi) is 3.77. The predicted molar refractivity (Wildman–Crippen MR) is 84.0 cm³/mol. The highest BCUT2D eigenvalue weighted by atomic mass is 16.4. The van der Waals surface area contributed by atoms with Crippen molar-refractivity contribution in [3.05, 3.63) is 59.2 Å². The summed E-state index contributed by atoms with van der Waals surface area (Å²) in [5, 5.41) is 15.8. The highest BCUT2D eigenvalue weighted by Crippen LogP contribution is 2.26. The first kappa shape index (κ1) is 13.5. The number of carboxylic acids is 1. The molecule has 0 aromatic heterocycles. The van der Waals surface area contributed by atoms with E-state index in [4.69, 9.17) is 5.11 Å². The standard InChI is InChI=1S/C17H18N2O2/c20-17(21)13-5-2-8-15(10-13)19-11-14-6-1-4-12-7-3-9-18-16(12)14/h1-2,4-6,8,10,18-19H,3,7,9,11H2,(H,20,21). The summed E-state index contributed by atoms with van der Waals surface area (Å²) in [5.74, 6) is -0.905. The third-order valence-electron chi connectivity index (χ3n) is 3.75. The van der Waals surface area contributed by atoms with Crippen LogP contribution in [0.25, 0.3) is 0 Å². The second-order valence-electron chi connectivity index (χ2n) is 5.22. The predicted octanol–water partition coefficient (Wildman–Crippen LogP) is 3.36. The summed E-state index contributed by atoms with van der Waals surface area (Å²) in [6.07, 6.45) is 2.29. The second kappa shape index (κ2) is 5.87. The van der Waals surface area contributed by atoms with Crippen LogP contribution in [0.15, 0.2) is 42.5 Å². The average Bonchev–Trinajstić information content (AvgIpc) is 2.53. The summed E-state index contributed by atoms with van der Waals surface area (Å²) in [6.45, 7) is 1.69. The molecular weight excluding hydrogens is 264 g/mol. The number of anilines is 2. The van der Waals surface area contributed by atoms with Crippen LogP contribution in [-0.2, 0) is 13.0 Å². The zero-order chi connectivity index (χ0) is 14.7. The van der Waals surface area contributed by atoms with Crippen LogP contribution in [0.3, 0.4) is 0 Å². The molecule has 0 saturated carbocycles. The van der Waals surface area contributed by atoms with E-state index in [0.717, 1.165) is 18.7 Å². The van der Waals surface area contributed by atoms with E-state index in [1.54, 1.807) is 18.2 Å². The van der Waals surface area contributed by atoms with Gasteiger partial charge in [-0.3, -0.25) is 0 Å². The fourth-order valence-corrected chi connectivity index (χ4v) is 2.69. The van der Waals surface area contributed by atoms with E-state index < -0.39 is 5.97 Å². The number of carboxylic acid groups (broad SMARTS) is 1. The van der Waals surface area contributed by atoms with Crippen LogP contribution in [0, 0.1) is 0 Å². The Morgan fingerprint density at radius 2 is 2.10 bits per heavy atom. The Morgan fingerprint density at radius 3 is 2.95 bits per heavy atom. The lowest BCUT2D eigenvalue weighted by atomic mass is 9.99. The molecule has 0 saturated heterocycles. The summed E-state index contributed by atoms with van der Waals surface area (Å²) >= 11 is 0. The number of hydrogen-bond acceptors (Lipinski definition) is 3. The number of nitrogens with one attached hydrogen (secondary N) is 2. The van der Waals surface area contributed by atoms with Crippen molar-refractivity contribution in [1.29, 1.82) is 0 Å². The summed E-state index contributed by atoms with van der Waals surface area (Å²) in [5.41, 5.74) is 4.93. The van der Waals surface area contributed by atoms with Gasteiger partial charge in [-0.2, -0.15) is 0 Å². The van der Waals surface area contributed by atoms with Gasteiger partial charge >= 0.3 is 5.97 Å². The molecule has 21 heavy (non-hydrogen) atoms. The van der Waals surface area contributed by atoms with Gasteiger partial charge in [0.15, 0.2) is 0 Å². The number of rotatable bonds is 4. The van der Waals surface area contributed by atoms with Crippen LogP contribution in [0.1, 0.15) is 27.9 Å². The lowest BCUT2D eigenvalue weighted by molar-refractivity contribution is 0.0697. The monoisotopic (exact) mass is 282 g/mol. The van der Waals surface area contributed by atoms with Crippen molar-refractivity contribution in [1.82, 2.24) is 0 Å². The smallest absolute Gasteiger partial charge is 0.335 e. The molecular formula is C17H18N2O2. The SMILES string of the molecule is O=C(O)c1cccc(NCc2cccc3c2NCCC3)c1. The van der Waals surface area contributed by atoms with E-state index in [1.165, 1.54) is 23.2 Å². The Morgan fingerprint density at radius 1 is 1.24 bits per heavy atom. The molecule has 0 bridgehead atoms. The lowest BCUT2D eigenvalue weighted by Gasteiger charge is -2.21. The Hall–Kier alpha value is -2.49. The zero-order valence-corrected chi connectivity index (χ0v) is 11.7. The molecule has 0 atom stereocenters. The lowest BCUT2D eigenvalue weighted by Crippen LogP contribution is -2.15. The van der Waals surface area contributed by atoms with Gasteiger partial charge < -0.3 is 15.7 Å². The molecule has 1 aliphatic rings. The first-order chi connectivity index (χ1) is 10.2. The largest absolute Gasteiger partial charge is 0.478 e.